The third-order valence-corrected chi connectivity index (χ3v) is 6.11. The van der Waals surface area contributed by atoms with E-state index in [1.54, 1.807) is 53.4 Å². The lowest BCUT2D eigenvalue weighted by atomic mass is 9.96. The minimum atomic E-state index is -0.427. The lowest BCUT2D eigenvalue weighted by molar-refractivity contribution is 0.161. The molecule has 0 aliphatic heterocycles. The zero-order valence-corrected chi connectivity index (χ0v) is 20.4. The first-order valence-electron chi connectivity index (χ1n) is 11.7. The summed E-state index contributed by atoms with van der Waals surface area (Å²) < 4.78 is 24.0. The van der Waals surface area contributed by atoms with Gasteiger partial charge in [-0.05, 0) is 49.1 Å². The Labute approximate surface area is 203 Å². The van der Waals surface area contributed by atoms with Crippen molar-refractivity contribution < 1.29 is 9.13 Å². The fourth-order valence-corrected chi connectivity index (χ4v) is 4.49. The molecule has 0 aliphatic carbocycles. The molecule has 2 heterocycles. The minimum Gasteiger partial charge on any atom is -0.383 e. The van der Waals surface area contributed by atoms with Gasteiger partial charge in [-0.15, -0.1) is 0 Å². The molecule has 0 spiro atoms. The van der Waals surface area contributed by atoms with Crippen molar-refractivity contribution in [1.29, 1.82) is 5.26 Å². The number of nitriles is 1. The lowest BCUT2D eigenvalue weighted by Gasteiger charge is -2.19. The zero-order chi connectivity index (χ0) is 25.1. The number of hydrogen-bond donors (Lipinski definition) is 0. The molecule has 1 unspecified atom stereocenters. The average Bonchev–Trinajstić information content (AvgIpc) is 3.23. The van der Waals surface area contributed by atoms with Crippen LogP contribution in [0, 0.1) is 24.1 Å². The summed E-state index contributed by atoms with van der Waals surface area (Å²) in [5.41, 5.74) is 3.19. The van der Waals surface area contributed by atoms with Gasteiger partial charge in [0, 0.05) is 19.1 Å². The maximum absolute atomic E-state index is 15.4. The van der Waals surface area contributed by atoms with Crippen molar-refractivity contribution in [1.82, 2.24) is 19.2 Å². The lowest BCUT2D eigenvalue weighted by Crippen LogP contribution is -2.33. The van der Waals surface area contributed by atoms with Crippen LogP contribution in [-0.2, 0) is 17.6 Å². The number of aryl methyl sites for hydroxylation is 2. The Morgan fingerprint density at radius 3 is 2.69 bits per heavy atom. The molecule has 2 aromatic carbocycles. The molecule has 180 valence electrons. The second-order valence-electron chi connectivity index (χ2n) is 8.67. The molecule has 7 nitrogen and oxygen atoms in total. The number of aromatic nitrogens is 4. The standard InChI is InChI=1S/C27H28FN5O2/c1-5-8-25-23(26(34)32(17(2)16-35-4)27-30-18(3)31-33(25)27)13-20-12-11-19(14-24(20)28)22-10-7-6-9-21(22)15-29/h6-7,9-12,14,17H,5,8,13,16H2,1-4H3. The molecule has 35 heavy (non-hydrogen) atoms. The maximum Gasteiger partial charge on any atom is 0.259 e. The van der Waals surface area contributed by atoms with Crippen LogP contribution in [0.5, 0.6) is 0 Å². The molecule has 0 saturated heterocycles. The highest BCUT2D eigenvalue weighted by molar-refractivity contribution is 5.70. The molecule has 4 rings (SSSR count). The fraction of sp³-hybridized carbons (Fsp3) is 0.333. The Balaban J connectivity index is 1.86. The Hall–Kier alpha value is -3.83. The van der Waals surface area contributed by atoms with Crippen molar-refractivity contribution in [2.45, 2.75) is 46.1 Å². The zero-order valence-electron chi connectivity index (χ0n) is 20.4. The van der Waals surface area contributed by atoms with E-state index in [-0.39, 0.29) is 18.0 Å². The van der Waals surface area contributed by atoms with E-state index in [0.29, 0.717) is 52.4 Å². The second-order valence-corrected chi connectivity index (χ2v) is 8.67. The van der Waals surface area contributed by atoms with Crippen molar-refractivity contribution >= 4 is 5.78 Å². The van der Waals surface area contributed by atoms with Crippen LogP contribution in [0.4, 0.5) is 4.39 Å². The van der Waals surface area contributed by atoms with E-state index in [2.05, 4.69) is 16.2 Å². The smallest absolute Gasteiger partial charge is 0.259 e. The van der Waals surface area contributed by atoms with Crippen LogP contribution in [0.25, 0.3) is 16.9 Å². The fourth-order valence-electron chi connectivity index (χ4n) is 4.49. The summed E-state index contributed by atoms with van der Waals surface area (Å²) >= 11 is 0. The summed E-state index contributed by atoms with van der Waals surface area (Å²) in [6, 6.07) is 13.9. The van der Waals surface area contributed by atoms with Crippen molar-refractivity contribution in [3.63, 3.8) is 0 Å². The first-order valence-corrected chi connectivity index (χ1v) is 11.7. The Morgan fingerprint density at radius 1 is 1.23 bits per heavy atom. The van der Waals surface area contributed by atoms with Crippen LogP contribution >= 0.6 is 0 Å². The Kier molecular flexibility index (Phi) is 7.08. The van der Waals surface area contributed by atoms with E-state index in [0.717, 1.165) is 12.1 Å². The molecule has 0 bridgehead atoms. The molecule has 8 heteroatoms. The van der Waals surface area contributed by atoms with Gasteiger partial charge in [0.05, 0.1) is 30.0 Å². The number of hydrogen-bond acceptors (Lipinski definition) is 5. The number of benzene rings is 2. The molecule has 0 radical (unpaired) electrons. The van der Waals surface area contributed by atoms with Crippen molar-refractivity contribution in [2.24, 2.45) is 0 Å². The average molecular weight is 474 g/mol. The van der Waals surface area contributed by atoms with Crippen LogP contribution in [0.3, 0.4) is 0 Å². The summed E-state index contributed by atoms with van der Waals surface area (Å²) in [5, 5.41) is 14.0. The van der Waals surface area contributed by atoms with Crippen LogP contribution in [0.1, 0.15) is 54.5 Å². The Morgan fingerprint density at radius 2 is 2.00 bits per heavy atom. The van der Waals surface area contributed by atoms with E-state index in [1.807, 2.05) is 19.9 Å². The van der Waals surface area contributed by atoms with Gasteiger partial charge in [0.15, 0.2) is 0 Å². The summed E-state index contributed by atoms with van der Waals surface area (Å²) in [5.74, 6) is 0.598. The number of fused-ring (bicyclic) bond motifs is 1. The molecule has 0 fully saturated rings. The minimum absolute atomic E-state index is 0.120. The Bertz CT molecular complexity index is 1480. The topological polar surface area (TPSA) is 85.2 Å². The highest BCUT2D eigenvalue weighted by Crippen LogP contribution is 2.27. The summed E-state index contributed by atoms with van der Waals surface area (Å²) in [6.45, 7) is 6.03. The second kappa shape index (κ2) is 10.2. The summed E-state index contributed by atoms with van der Waals surface area (Å²) in [7, 11) is 1.58. The van der Waals surface area contributed by atoms with Gasteiger partial charge in [-0.2, -0.15) is 15.3 Å². The predicted molar refractivity (Wildman–Crippen MR) is 132 cm³/mol. The third-order valence-electron chi connectivity index (χ3n) is 6.11. The number of nitrogens with zero attached hydrogens (tertiary/aromatic N) is 5. The summed E-state index contributed by atoms with van der Waals surface area (Å²) in [4.78, 5) is 18.3. The molecule has 0 N–H and O–H groups in total. The predicted octanol–water partition coefficient (Wildman–Crippen LogP) is 4.63. The number of halogens is 1. The van der Waals surface area contributed by atoms with Gasteiger partial charge >= 0.3 is 0 Å². The van der Waals surface area contributed by atoms with Crippen LogP contribution in [0.15, 0.2) is 47.3 Å². The quantitative estimate of drug-likeness (QED) is 0.373. The van der Waals surface area contributed by atoms with E-state index < -0.39 is 5.82 Å². The van der Waals surface area contributed by atoms with Crippen LogP contribution < -0.4 is 5.56 Å². The van der Waals surface area contributed by atoms with Crippen molar-refractivity contribution in [2.75, 3.05) is 13.7 Å². The maximum atomic E-state index is 15.4. The first kappa shape index (κ1) is 24.3. The van der Waals surface area contributed by atoms with Crippen molar-refractivity contribution in [3.05, 3.63) is 86.8 Å². The molecule has 0 aliphatic rings. The normalized spacial score (nSPS) is 12.1. The largest absolute Gasteiger partial charge is 0.383 e. The van der Waals surface area contributed by atoms with Crippen LogP contribution in [-0.4, -0.2) is 32.9 Å². The van der Waals surface area contributed by atoms with E-state index in [9.17, 15) is 10.1 Å². The number of methoxy groups -OCH3 is 1. The van der Waals surface area contributed by atoms with Gasteiger partial charge in [-0.25, -0.2) is 8.91 Å². The molecular formula is C27H28FN5O2. The van der Waals surface area contributed by atoms with Gasteiger partial charge in [0.1, 0.15) is 11.6 Å². The van der Waals surface area contributed by atoms with Gasteiger partial charge in [-0.1, -0.05) is 43.7 Å². The molecule has 4 aromatic rings. The highest BCUT2D eigenvalue weighted by Gasteiger charge is 2.23. The monoisotopic (exact) mass is 473 g/mol. The van der Waals surface area contributed by atoms with Crippen LogP contribution in [0.2, 0.25) is 0 Å². The third kappa shape index (κ3) is 4.60. The SMILES string of the molecule is CCCc1c(Cc2ccc(-c3ccccc3C#N)cc2F)c(=O)n(C(C)COC)c2nc(C)nn12. The van der Waals surface area contributed by atoms with E-state index in [4.69, 9.17) is 4.74 Å². The summed E-state index contributed by atoms with van der Waals surface area (Å²) in [6.07, 6.45) is 1.53. The number of ether oxygens (including phenoxy) is 1. The highest BCUT2D eigenvalue weighted by atomic mass is 19.1. The van der Waals surface area contributed by atoms with Gasteiger partial charge in [-0.3, -0.25) is 9.36 Å². The number of rotatable bonds is 8. The van der Waals surface area contributed by atoms with Gasteiger partial charge in [0.2, 0.25) is 5.78 Å². The molecule has 0 saturated carbocycles. The molecule has 2 aromatic heterocycles. The van der Waals surface area contributed by atoms with Gasteiger partial charge in [0.25, 0.3) is 5.56 Å². The first-order chi connectivity index (χ1) is 16.9. The molecule has 0 amide bonds. The van der Waals surface area contributed by atoms with E-state index >= 15 is 4.39 Å². The molecule has 1 atom stereocenters. The van der Waals surface area contributed by atoms with E-state index in [1.165, 1.54) is 6.07 Å². The molecular weight excluding hydrogens is 445 g/mol. The van der Waals surface area contributed by atoms with Gasteiger partial charge < -0.3 is 4.74 Å². The van der Waals surface area contributed by atoms with Crippen molar-refractivity contribution in [3.8, 4) is 17.2 Å².